The highest BCUT2D eigenvalue weighted by Gasteiger charge is 2.36. The van der Waals surface area contributed by atoms with Crippen molar-refractivity contribution in [1.82, 2.24) is 4.57 Å². The van der Waals surface area contributed by atoms with Gasteiger partial charge in [-0.05, 0) is 95.1 Å². The second kappa shape index (κ2) is 12.7. The Labute approximate surface area is 313 Å². The first-order valence-electron chi connectivity index (χ1n) is 19.3. The number of para-hydroxylation sites is 1. The Morgan fingerprint density at radius 2 is 1.26 bits per heavy atom. The Morgan fingerprint density at radius 1 is 0.566 bits per heavy atom. The molecule has 1 aromatic heterocycles. The van der Waals surface area contributed by atoms with Gasteiger partial charge in [-0.1, -0.05) is 147 Å². The maximum absolute atomic E-state index is 2.53. The summed E-state index contributed by atoms with van der Waals surface area (Å²) in [6.07, 6.45) is 26.4. The summed E-state index contributed by atoms with van der Waals surface area (Å²) in [7, 11) is 0. The number of hydrogen-bond acceptors (Lipinski definition) is 1. The predicted octanol–water partition coefficient (Wildman–Crippen LogP) is 13.2. The van der Waals surface area contributed by atoms with Crippen molar-refractivity contribution in [2.75, 3.05) is 4.90 Å². The summed E-state index contributed by atoms with van der Waals surface area (Å²) >= 11 is 0. The molecule has 0 N–H and O–H groups in total. The van der Waals surface area contributed by atoms with Crippen LogP contribution in [0.5, 0.6) is 0 Å². The van der Waals surface area contributed by atoms with Gasteiger partial charge >= 0.3 is 0 Å². The highest BCUT2D eigenvalue weighted by atomic mass is 15.2. The van der Waals surface area contributed by atoms with Crippen molar-refractivity contribution >= 4 is 27.5 Å². The molecular weight excluding hydrogens is 641 g/mol. The molecule has 53 heavy (non-hydrogen) atoms. The third-order valence-corrected chi connectivity index (χ3v) is 12.2. The summed E-state index contributed by atoms with van der Waals surface area (Å²) in [5.41, 5.74) is 14.5. The van der Waals surface area contributed by atoms with E-state index in [1.54, 1.807) is 0 Å². The molecule has 0 bridgehead atoms. The third kappa shape index (κ3) is 5.31. The van der Waals surface area contributed by atoms with E-state index in [-0.39, 0.29) is 5.41 Å². The normalized spacial score (nSPS) is 21.1. The van der Waals surface area contributed by atoms with Gasteiger partial charge in [-0.3, -0.25) is 0 Å². The number of nitrogens with zero attached hydrogens (tertiary/aromatic N) is 2. The average Bonchev–Trinajstić information content (AvgIpc) is 3.67. The Balaban J connectivity index is 1.00. The molecule has 1 heterocycles. The van der Waals surface area contributed by atoms with Crippen LogP contribution in [-0.4, -0.2) is 4.57 Å². The van der Waals surface area contributed by atoms with E-state index in [9.17, 15) is 0 Å². The van der Waals surface area contributed by atoms with E-state index in [1.165, 1.54) is 72.3 Å². The maximum atomic E-state index is 2.53. The van der Waals surface area contributed by atoms with Crippen LogP contribution in [0, 0.1) is 0 Å². The topological polar surface area (TPSA) is 8.17 Å². The van der Waals surface area contributed by atoms with Crippen LogP contribution in [0.15, 0.2) is 187 Å². The van der Waals surface area contributed by atoms with Crippen LogP contribution >= 0.6 is 0 Å². The molecule has 0 saturated heterocycles. The maximum Gasteiger partial charge on any atom is 0.0560 e. The number of allylic oxidation sites excluding steroid dienone is 10. The number of hydrogen-bond donors (Lipinski definition) is 0. The van der Waals surface area contributed by atoms with Gasteiger partial charge in [-0.2, -0.15) is 0 Å². The summed E-state index contributed by atoms with van der Waals surface area (Å²) in [6.45, 7) is 4.75. The van der Waals surface area contributed by atoms with Crippen molar-refractivity contribution in [3.05, 3.63) is 210 Å². The molecule has 258 valence electrons. The lowest BCUT2D eigenvalue weighted by molar-refractivity contribution is 0.648. The second-order valence-corrected chi connectivity index (χ2v) is 15.6. The number of benzene rings is 5. The molecule has 3 unspecified atom stereocenters. The Hall–Kier alpha value is -5.86. The first kappa shape index (κ1) is 31.8. The quantitative estimate of drug-likeness (QED) is 0.170. The molecule has 5 aromatic carbocycles. The number of fused-ring (bicyclic) bond motifs is 6. The fraction of sp³-hybridized carbons (Fsp3) is 0.176. The molecule has 2 nitrogen and oxygen atoms in total. The minimum Gasteiger partial charge on any atom is -0.333 e. The highest BCUT2D eigenvalue weighted by Crippen LogP contribution is 2.50. The first-order chi connectivity index (χ1) is 26.0. The molecule has 0 saturated carbocycles. The number of aromatic nitrogens is 1. The van der Waals surface area contributed by atoms with Crippen LogP contribution in [0.2, 0.25) is 0 Å². The standard InChI is InChI=1S/C51H44N2/c1-51(2)47-19-11-9-17-43(47)44-31-30-42(34-48(44)51)52(40-26-21-36(22-27-40)35-13-5-3-6-14-35)41-28-23-37(24-29-41)38-25-32-50-46(33-38)45-18-10-12-20-49(45)53(50)39-15-7-4-8-16-39/h3-15,17-21,23,25-34,36-37,39H,16,22,24H2,1-2H3. The largest absolute Gasteiger partial charge is 0.333 e. The monoisotopic (exact) mass is 684 g/mol. The molecule has 4 aliphatic carbocycles. The van der Waals surface area contributed by atoms with Crippen molar-refractivity contribution in [3.8, 4) is 11.1 Å². The van der Waals surface area contributed by atoms with Gasteiger partial charge in [-0.25, -0.2) is 0 Å². The van der Waals surface area contributed by atoms with E-state index in [2.05, 4.69) is 199 Å². The Bertz CT molecular complexity index is 2580. The molecule has 0 aliphatic heterocycles. The minimum absolute atomic E-state index is 0.0591. The lowest BCUT2D eigenvalue weighted by atomic mass is 9.82. The predicted molar refractivity (Wildman–Crippen MR) is 223 cm³/mol. The van der Waals surface area contributed by atoms with Gasteiger partial charge in [0.1, 0.15) is 0 Å². The summed E-state index contributed by atoms with van der Waals surface area (Å²) < 4.78 is 2.53. The average molecular weight is 685 g/mol. The van der Waals surface area contributed by atoms with E-state index in [0.29, 0.717) is 17.9 Å². The molecule has 6 aromatic rings. The Morgan fingerprint density at radius 3 is 2.02 bits per heavy atom. The van der Waals surface area contributed by atoms with Crippen molar-refractivity contribution in [2.24, 2.45) is 0 Å². The summed E-state index contributed by atoms with van der Waals surface area (Å²) in [4.78, 5) is 2.49. The number of rotatable bonds is 6. The van der Waals surface area contributed by atoms with Crippen LogP contribution < -0.4 is 4.90 Å². The van der Waals surface area contributed by atoms with E-state index in [4.69, 9.17) is 0 Å². The summed E-state index contributed by atoms with van der Waals surface area (Å²) in [5.74, 6) is 0.707. The van der Waals surface area contributed by atoms with Crippen molar-refractivity contribution < 1.29 is 0 Å². The van der Waals surface area contributed by atoms with Gasteiger partial charge in [-0.15, -0.1) is 0 Å². The van der Waals surface area contributed by atoms with Gasteiger partial charge in [0.2, 0.25) is 0 Å². The summed E-state index contributed by atoms with van der Waals surface area (Å²) in [5, 5.41) is 2.68. The molecular formula is C51H44N2. The van der Waals surface area contributed by atoms with Gasteiger partial charge in [0, 0.05) is 56.1 Å². The molecule has 10 rings (SSSR count). The van der Waals surface area contributed by atoms with Crippen LogP contribution in [0.4, 0.5) is 5.69 Å². The molecule has 0 spiro atoms. The van der Waals surface area contributed by atoms with Gasteiger partial charge in [0.05, 0.1) is 6.04 Å². The first-order valence-corrected chi connectivity index (χ1v) is 19.3. The smallest absolute Gasteiger partial charge is 0.0560 e. The molecule has 0 amide bonds. The highest BCUT2D eigenvalue weighted by molar-refractivity contribution is 6.08. The van der Waals surface area contributed by atoms with E-state index in [1.807, 2.05) is 0 Å². The van der Waals surface area contributed by atoms with Crippen LogP contribution in [0.25, 0.3) is 32.9 Å². The van der Waals surface area contributed by atoms with Gasteiger partial charge < -0.3 is 9.47 Å². The zero-order chi connectivity index (χ0) is 35.5. The van der Waals surface area contributed by atoms with Crippen molar-refractivity contribution in [3.63, 3.8) is 0 Å². The lowest BCUT2D eigenvalue weighted by Gasteiger charge is -2.33. The molecule has 4 aliphatic rings. The van der Waals surface area contributed by atoms with Crippen LogP contribution in [-0.2, 0) is 5.41 Å². The van der Waals surface area contributed by atoms with Crippen LogP contribution in [0.1, 0.15) is 73.2 Å². The van der Waals surface area contributed by atoms with Crippen molar-refractivity contribution in [1.29, 1.82) is 0 Å². The minimum atomic E-state index is -0.0591. The van der Waals surface area contributed by atoms with E-state index >= 15 is 0 Å². The lowest BCUT2D eigenvalue weighted by Crippen LogP contribution is -2.23. The second-order valence-electron chi connectivity index (χ2n) is 15.6. The van der Waals surface area contributed by atoms with Gasteiger partial charge in [0.25, 0.3) is 0 Å². The Kier molecular flexibility index (Phi) is 7.61. The van der Waals surface area contributed by atoms with E-state index < -0.39 is 0 Å². The molecule has 3 atom stereocenters. The molecule has 2 heteroatoms. The summed E-state index contributed by atoms with van der Waals surface area (Å²) in [6, 6.07) is 43.4. The number of anilines is 1. The van der Waals surface area contributed by atoms with Crippen molar-refractivity contribution in [2.45, 2.75) is 56.4 Å². The van der Waals surface area contributed by atoms with Gasteiger partial charge in [0.15, 0.2) is 0 Å². The molecule has 0 radical (unpaired) electrons. The zero-order valence-corrected chi connectivity index (χ0v) is 30.5. The molecule has 0 fully saturated rings. The SMILES string of the molecule is CC1(C)c2ccccc2-c2ccc(N(C3=CCC(c4ccccc4)C=C3)C3=CCC(c4ccc5c(c4)c4ccccc4n5C4C=CC=CC4)C=C3)cc21. The van der Waals surface area contributed by atoms with Crippen LogP contribution in [0.3, 0.4) is 0 Å². The fourth-order valence-electron chi connectivity index (χ4n) is 9.39. The van der Waals surface area contributed by atoms with E-state index in [0.717, 1.165) is 19.3 Å². The zero-order valence-electron chi connectivity index (χ0n) is 30.5. The fourth-order valence-corrected chi connectivity index (χ4v) is 9.39. The third-order valence-electron chi connectivity index (χ3n) is 12.2.